The minimum absolute atomic E-state index is 0.619. The molecule has 0 saturated carbocycles. The molecule has 0 amide bonds. The highest BCUT2D eigenvalue weighted by molar-refractivity contribution is 5.10. The van der Waals surface area contributed by atoms with Crippen LogP contribution in [0.25, 0.3) is 0 Å². The third kappa shape index (κ3) is 6.12. The molecule has 1 unspecified atom stereocenters. The fourth-order valence-electron chi connectivity index (χ4n) is 1.90. The molecule has 0 aliphatic carbocycles. The van der Waals surface area contributed by atoms with Gasteiger partial charge in [0.25, 0.3) is 0 Å². The maximum Gasteiger partial charge on any atom is 0.0888 e. The third-order valence-electron chi connectivity index (χ3n) is 2.85. The summed E-state index contributed by atoms with van der Waals surface area (Å²) in [7, 11) is 0. The fraction of sp³-hybridized carbons (Fsp3) is 0.667. The van der Waals surface area contributed by atoms with Gasteiger partial charge in [0, 0.05) is 13.2 Å². The number of hydrogen-bond acceptors (Lipinski definition) is 3. The normalized spacial score (nSPS) is 12.6. The van der Waals surface area contributed by atoms with Gasteiger partial charge >= 0.3 is 0 Å². The first-order valence-electron chi connectivity index (χ1n) is 6.99. The molecule has 1 rings (SSSR count). The maximum absolute atomic E-state index is 5.71. The van der Waals surface area contributed by atoms with E-state index in [1.807, 2.05) is 18.2 Å². The molecule has 0 saturated heterocycles. The minimum Gasteiger partial charge on any atom is -0.375 e. The molecule has 0 aliphatic heterocycles. The topological polar surface area (TPSA) is 34.1 Å². The molecule has 0 aromatic carbocycles. The van der Waals surface area contributed by atoms with Crippen molar-refractivity contribution in [1.82, 2.24) is 10.3 Å². The highest BCUT2D eigenvalue weighted by Crippen LogP contribution is 2.07. The maximum atomic E-state index is 5.71. The van der Waals surface area contributed by atoms with Gasteiger partial charge in [0.15, 0.2) is 0 Å². The summed E-state index contributed by atoms with van der Waals surface area (Å²) in [6, 6.07) is 6.12. The molecule has 102 valence electrons. The molecule has 0 bridgehead atoms. The Morgan fingerprint density at radius 3 is 2.78 bits per heavy atom. The molecule has 3 nitrogen and oxygen atoms in total. The van der Waals surface area contributed by atoms with E-state index in [1.54, 1.807) is 0 Å². The van der Waals surface area contributed by atoms with Crippen molar-refractivity contribution in [2.75, 3.05) is 13.2 Å². The van der Waals surface area contributed by atoms with E-state index in [9.17, 15) is 0 Å². The molecule has 1 N–H and O–H groups in total. The van der Waals surface area contributed by atoms with Gasteiger partial charge in [0.2, 0.25) is 0 Å². The standard InChI is InChI=1S/C15H26N2O/c1-4-7-13(3)11-18-12-15-9-6-8-14(17-15)10-16-5-2/h6,8-9,13,16H,4-5,7,10-12H2,1-3H3. The smallest absolute Gasteiger partial charge is 0.0888 e. The van der Waals surface area contributed by atoms with E-state index in [0.717, 1.165) is 31.1 Å². The second-order valence-electron chi connectivity index (χ2n) is 4.81. The fourth-order valence-corrected chi connectivity index (χ4v) is 1.90. The zero-order valence-corrected chi connectivity index (χ0v) is 11.9. The summed E-state index contributed by atoms with van der Waals surface area (Å²) in [5, 5.41) is 3.28. The van der Waals surface area contributed by atoms with Crippen LogP contribution in [0.2, 0.25) is 0 Å². The lowest BCUT2D eigenvalue weighted by atomic mass is 10.1. The van der Waals surface area contributed by atoms with Crippen LogP contribution in [0.5, 0.6) is 0 Å². The van der Waals surface area contributed by atoms with E-state index in [0.29, 0.717) is 12.5 Å². The largest absolute Gasteiger partial charge is 0.375 e. The molecular weight excluding hydrogens is 224 g/mol. The van der Waals surface area contributed by atoms with Crippen LogP contribution in [0.4, 0.5) is 0 Å². The van der Waals surface area contributed by atoms with E-state index < -0.39 is 0 Å². The van der Waals surface area contributed by atoms with Crippen molar-refractivity contribution < 1.29 is 4.74 Å². The van der Waals surface area contributed by atoms with Gasteiger partial charge < -0.3 is 10.1 Å². The average molecular weight is 250 g/mol. The summed E-state index contributed by atoms with van der Waals surface area (Å²) in [5.41, 5.74) is 2.11. The van der Waals surface area contributed by atoms with Crippen LogP contribution in [0.15, 0.2) is 18.2 Å². The number of nitrogens with one attached hydrogen (secondary N) is 1. The number of aromatic nitrogens is 1. The Balaban J connectivity index is 2.33. The summed E-state index contributed by atoms with van der Waals surface area (Å²) in [6.45, 7) is 9.79. The van der Waals surface area contributed by atoms with Crippen LogP contribution >= 0.6 is 0 Å². The SMILES string of the molecule is CCCC(C)COCc1cccc(CNCC)n1. The van der Waals surface area contributed by atoms with E-state index in [-0.39, 0.29) is 0 Å². The van der Waals surface area contributed by atoms with Gasteiger partial charge in [0.1, 0.15) is 0 Å². The number of ether oxygens (including phenoxy) is 1. The number of nitrogens with zero attached hydrogens (tertiary/aromatic N) is 1. The lowest BCUT2D eigenvalue weighted by molar-refractivity contribution is 0.0871. The third-order valence-corrected chi connectivity index (χ3v) is 2.85. The summed E-state index contributed by atoms with van der Waals surface area (Å²) >= 11 is 0. The molecule has 1 aromatic heterocycles. The van der Waals surface area contributed by atoms with Crippen LogP contribution in [0.3, 0.4) is 0 Å². The molecule has 3 heteroatoms. The van der Waals surface area contributed by atoms with Gasteiger partial charge in [-0.3, -0.25) is 4.98 Å². The predicted molar refractivity (Wildman–Crippen MR) is 75.3 cm³/mol. The molecule has 0 fully saturated rings. The zero-order valence-electron chi connectivity index (χ0n) is 11.9. The number of pyridine rings is 1. The average Bonchev–Trinajstić information content (AvgIpc) is 2.37. The van der Waals surface area contributed by atoms with Crippen LogP contribution < -0.4 is 5.32 Å². The first-order chi connectivity index (χ1) is 8.76. The molecule has 0 radical (unpaired) electrons. The van der Waals surface area contributed by atoms with E-state index in [2.05, 4.69) is 31.1 Å². The summed E-state index contributed by atoms with van der Waals surface area (Å²) < 4.78 is 5.71. The molecule has 0 aliphatic rings. The van der Waals surface area contributed by atoms with E-state index in [1.165, 1.54) is 12.8 Å². The van der Waals surface area contributed by atoms with Gasteiger partial charge in [-0.25, -0.2) is 0 Å². The van der Waals surface area contributed by atoms with Crippen molar-refractivity contribution in [2.24, 2.45) is 5.92 Å². The highest BCUT2D eigenvalue weighted by Gasteiger charge is 2.02. The zero-order chi connectivity index (χ0) is 13.2. The minimum atomic E-state index is 0.619. The Morgan fingerprint density at radius 1 is 1.28 bits per heavy atom. The molecule has 1 atom stereocenters. The van der Waals surface area contributed by atoms with Crippen molar-refractivity contribution in [3.8, 4) is 0 Å². The van der Waals surface area contributed by atoms with Crippen LogP contribution in [-0.2, 0) is 17.9 Å². The summed E-state index contributed by atoms with van der Waals surface area (Å²) in [5.74, 6) is 0.639. The Kier molecular flexibility index (Phi) is 7.62. The van der Waals surface area contributed by atoms with Gasteiger partial charge in [-0.2, -0.15) is 0 Å². The predicted octanol–water partition coefficient (Wildman–Crippen LogP) is 3.14. The monoisotopic (exact) mass is 250 g/mol. The quantitative estimate of drug-likeness (QED) is 0.731. The highest BCUT2D eigenvalue weighted by atomic mass is 16.5. The van der Waals surface area contributed by atoms with Gasteiger partial charge in [-0.05, 0) is 31.0 Å². The van der Waals surface area contributed by atoms with E-state index >= 15 is 0 Å². The van der Waals surface area contributed by atoms with E-state index in [4.69, 9.17) is 4.74 Å². The van der Waals surface area contributed by atoms with Crippen molar-refractivity contribution in [3.63, 3.8) is 0 Å². The second kappa shape index (κ2) is 9.06. The Morgan fingerprint density at radius 2 is 2.06 bits per heavy atom. The molecule has 0 spiro atoms. The van der Waals surface area contributed by atoms with Gasteiger partial charge in [0.05, 0.1) is 18.0 Å². The lowest BCUT2D eigenvalue weighted by Gasteiger charge is -2.11. The van der Waals surface area contributed by atoms with Gasteiger partial charge in [-0.1, -0.05) is 33.3 Å². The summed E-state index contributed by atoms with van der Waals surface area (Å²) in [6.07, 6.45) is 2.45. The first-order valence-corrected chi connectivity index (χ1v) is 6.99. The molecule has 1 aromatic rings. The molecule has 18 heavy (non-hydrogen) atoms. The second-order valence-corrected chi connectivity index (χ2v) is 4.81. The van der Waals surface area contributed by atoms with Gasteiger partial charge in [-0.15, -0.1) is 0 Å². The summed E-state index contributed by atoms with van der Waals surface area (Å²) in [4.78, 5) is 4.57. The lowest BCUT2D eigenvalue weighted by Crippen LogP contribution is -2.13. The number of hydrogen-bond donors (Lipinski definition) is 1. The number of rotatable bonds is 9. The Bertz CT molecular complexity index is 328. The van der Waals surface area contributed by atoms with Crippen molar-refractivity contribution in [1.29, 1.82) is 0 Å². The van der Waals surface area contributed by atoms with Crippen LogP contribution in [-0.4, -0.2) is 18.1 Å². The molecular formula is C15H26N2O. The van der Waals surface area contributed by atoms with Crippen LogP contribution in [0.1, 0.15) is 45.0 Å². The van der Waals surface area contributed by atoms with Crippen molar-refractivity contribution >= 4 is 0 Å². The van der Waals surface area contributed by atoms with Crippen molar-refractivity contribution in [3.05, 3.63) is 29.6 Å². The molecule has 1 heterocycles. The Hall–Kier alpha value is -0.930. The van der Waals surface area contributed by atoms with Crippen molar-refractivity contribution in [2.45, 2.75) is 46.8 Å². The Labute approximate surface area is 111 Å². The van der Waals surface area contributed by atoms with Crippen LogP contribution in [0, 0.1) is 5.92 Å². The first kappa shape index (κ1) is 15.1.